The summed E-state index contributed by atoms with van der Waals surface area (Å²) in [5, 5.41) is 19.8. The van der Waals surface area contributed by atoms with Gasteiger partial charge in [0.15, 0.2) is 0 Å². The van der Waals surface area contributed by atoms with E-state index in [4.69, 9.17) is 4.74 Å². The minimum atomic E-state index is -2.33. The van der Waals surface area contributed by atoms with E-state index >= 15 is 0 Å². The molecule has 5 heteroatoms. The van der Waals surface area contributed by atoms with Crippen molar-refractivity contribution in [3.05, 3.63) is 0 Å². The average Bonchev–Trinajstić information content (AvgIpc) is 2.42. The summed E-state index contributed by atoms with van der Waals surface area (Å²) >= 11 is 0. The van der Waals surface area contributed by atoms with Gasteiger partial charge in [-0.3, -0.25) is 0 Å². The lowest BCUT2D eigenvalue weighted by atomic mass is 9.53. The lowest BCUT2D eigenvalue weighted by Crippen LogP contribution is -2.60. The normalized spacial score (nSPS) is 45.2. The third kappa shape index (κ3) is 2.29. The number of ether oxygens (including phenoxy) is 1. The molecule has 0 amide bonds. The molecule has 0 radical (unpaired) electrons. The van der Waals surface area contributed by atoms with Crippen molar-refractivity contribution in [2.45, 2.75) is 75.9 Å². The molecule has 0 saturated heterocycles. The van der Waals surface area contributed by atoms with E-state index in [2.05, 4.69) is 0 Å². The monoisotopic (exact) mass is 300 g/mol. The zero-order valence-corrected chi connectivity index (χ0v) is 12.7. The predicted molar refractivity (Wildman–Crippen MR) is 74.2 cm³/mol. The number of carbonyl (C=O) groups excluding carboxylic acids is 1. The Labute approximate surface area is 124 Å². The van der Waals surface area contributed by atoms with Crippen LogP contribution < -0.4 is 0 Å². The fourth-order valence-electron chi connectivity index (χ4n) is 4.94. The summed E-state index contributed by atoms with van der Waals surface area (Å²) in [7, 11) is 0. The number of halogens is 1. The second kappa shape index (κ2) is 4.92. The highest BCUT2D eigenvalue weighted by Gasteiger charge is 2.58. The zero-order valence-electron chi connectivity index (χ0n) is 12.7. The van der Waals surface area contributed by atoms with Crippen LogP contribution in [0.2, 0.25) is 0 Å². The Hall–Kier alpha value is -0.680. The van der Waals surface area contributed by atoms with E-state index in [1.165, 1.54) is 13.8 Å². The molecule has 0 aromatic rings. The van der Waals surface area contributed by atoms with Crippen molar-refractivity contribution >= 4 is 5.97 Å². The highest BCUT2D eigenvalue weighted by molar-refractivity contribution is 5.80. The molecule has 21 heavy (non-hydrogen) atoms. The molecule has 0 spiro atoms. The molecule has 0 aromatic heterocycles. The van der Waals surface area contributed by atoms with E-state index < -0.39 is 23.3 Å². The summed E-state index contributed by atoms with van der Waals surface area (Å²) in [6, 6.07) is 0. The molecule has 0 aliphatic heterocycles. The summed E-state index contributed by atoms with van der Waals surface area (Å²) in [6.45, 7) is 2.83. The fraction of sp³-hybridized carbons (Fsp3) is 0.938. The Bertz CT molecular complexity index is 422. The maximum Gasteiger partial charge on any atom is 0.347 e. The Morgan fingerprint density at radius 2 is 1.95 bits per heavy atom. The van der Waals surface area contributed by atoms with Gasteiger partial charge in [-0.1, -0.05) is 6.92 Å². The Kier molecular flexibility index (Phi) is 3.56. The molecule has 4 saturated carbocycles. The average molecular weight is 300 g/mol. The van der Waals surface area contributed by atoms with Gasteiger partial charge in [0.2, 0.25) is 5.67 Å². The topological polar surface area (TPSA) is 66.8 Å². The van der Waals surface area contributed by atoms with E-state index in [1.54, 1.807) is 0 Å². The van der Waals surface area contributed by atoms with Gasteiger partial charge in [0, 0.05) is 0 Å². The van der Waals surface area contributed by atoms with Gasteiger partial charge in [0.25, 0.3) is 0 Å². The van der Waals surface area contributed by atoms with Crippen LogP contribution in [0.1, 0.15) is 52.4 Å². The standard InChI is InChI=1S/C16H25FO4/c1-3-16(17,9(2)18)14(20)21-15-6-10-4-11(7-15)13(19)12(5-10)8-15/h9-13,18-19H,3-8H2,1-2H3. The van der Waals surface area contributed by atoms with Crippen LogP contribution >= 0.6 is 0 Å². The van der Waals surface area contributed by atoms with E-state index in [0.29, 0.717) is 18.8 Å². The molecule has 4 rings (SSSR count). The van der Waals surface area contributed by atoms with Crippen molar-refractivity contribution in [1.29, 1.82) is 0 Å². The van der Waals surface area contributed by atoms with Crippen molar-refractivity contribution in [1.82, 2.24) is 0 Å². The smallest absolute Gasteiger partial charge is 0.347 e. The van der Waals surface area contributed by atoms with Crippen LogP contribution in [0.3, 0.4) is 0 Å². The molecule has 2 N–H and O–H groups in total. The van der Waals surface area contributed by atoms with Gasteiger partial charge in [0.05, 0.1) is 12.2 Å². The van der Waals surface area contributed by atoms with Crippen LogP contribution in [-0.2, 0) is 9.53 Å². The number of aliphatic hydroxyl groups excluding tert-OH is 2. The molecule has 4 bridgehead atoms. The van der Waals surface area contributed by atoms with Crippen LogP contribution in [0, 0.1) is 17.8 Å². The van der Waals surface area contributed by atoms with Gasteiger partial charge in [-0.05, 0) is 63.2 Å². The Balaban J connectivity index is 1.77. The molecule has 4 atom stereocenters. The number of hydrogen-bond acceptors (Lipinski definition) is 4. The van der Waals surface area contributed by atoms with E-state index in [0.717, 1.165) is 19.3 Å². The van der Waals surface area contributed by atoms with Crippen molar-refractivity contribution < 1.29 is 24.1 Å². The number of rotatable bonds is 4. The van der Waals surface area contributed by atoms with Crippen LogP contribution in [-0.4, -0.2) is 39.7 Å². The van der Waals surface area contributed by atoms with Crippen molar-refractivity contribution in [3.8, 4) is 0 Å². The zero-order chi connectivity index (χ0) is 15.4. The quantitative estimate of drug-likeness (QED) is 0.779. The van der Waals surface area contributed by atoms with Gasteiger partial charge in [-0.25, -0.2) is 9.18 Å². The van der Waals surface area contributed by atoms with Gasteiger partial charge in [-0.15, -0.1) is 0 Å². The van der Waals surface area contributed by atoms with Crippen LogP contribution in [0.25, 0.3) is 0 Å². The molecule has 0 aromatic carbocycles. The minimum absolute atomic E-state index is 0.0987. The SMILES string of the molecule is CCC(F)(C(=O)OC12CC3CC(C1)C(O)C(C3)C2)C(C)O. The number of carbonyl (C=O) groups is 1. The maximum absolute atomic E-state index is 14.6. The first-order valence-corrected chi connectivity index (χ1v) is 8.08. The molecular formula is C16H25FO4. The summed E-state index contributed by atoms with van der Waals surface area (Å²) in [5.41, 5.74) is -2.95. The first-order valence-electron chi connectivity index (χ1n) is 8.08. The maximum atomic E-state index is 14.6. The Morgan fingerprint density at radius 3 is 2.43 bits per heavy atom. The molecule has 4 fully saturated rings. The predicted octanol–water partition coefficient (Wildman–Crippen LogP) is 1.97. The molecule has 4 nitrogen and oxygen atoms in total. The molecule has 120 valence electrons. The van der Waals surface area contributed by atoms with Gasteiger partial charge in [0.1, 0.15) is 5.60 Å². The molecule has 4 aliphatic carbocycles. The second-order valence-corrected chi connectivity index (χ2v) is 7.43. The number of esters is 1. The van der Waals surface area contributed by atoms with Crippen LogP contribution in [0.5, 0.6) is 0 Å². The van der Waals surface area contributed by atoms with Gasteiger partial charge in [-0.2, -0.15) is 0 Å². The summed E-state index contributed by atoms with van der Waals surface area (Å²) in [6.07, 6.45) is 2.24. The summed E-state index contributed by atoms with van der Waals surface area (Å²) < 4.78 is 20.3. The number of aliphatic hydroxyl groups is 2. The fourth-order valence-corrected chi connectivity index (χ4v) is 4.94. The van der Waals surface area contributed by atoms with E-state index in [-0.39, 0.29) is 24.4 Å². The summed E-state index contributed by atoms with van der Waals surface area (Å²) in [5.74, 6) is -0.116. The van der Waals surface area contributed by atoms with Gasteiger partial charge < -0.3 is 14.9 Å². The van der Waals surface area contributed by atoms with E-state index in [1.807, 2.05) is 0 Å². The highest BCUT2D eigenvalue weighted by atomic mass is 19.1. The first-order chi connectivity index (χ1) is 9.79. The molecule has 4 unspecified atom stereocenters. The molecule has 0 heterocycles. The van der Waals surface area contributed by atoms with Crippen molar-refractivity contribution in [2.24, 2.45) is 17.8 Å². The summed E-state index contributed by atoms with van der Waals surface area (Å²) in [4.78, 5) is 12.3. The third-order valence-electron chi connectivity index (χ3n) is 5.99. The minimum Gasteiger partial charge on any atom is -0.457 e. The lowest BCUT2D eigenvalue weighted by molar-refractivity contribution is -0.219. The van der Waals surface area contributed by atoms with E-state index in [9.17, 15) is 19.4 Å². The Morgan fingerprint density at radius 1 is 1.38 bits per heavy atom. The largest absolute Gasteiger partial charge is 0.457 e. The van der Waals surface area contributed by atoms with Crippen LogP contribution in [0.15, 0.2) is 0 Å². The van der Waals surface area contributed by atoms with Crippen LogP contribution in [0.4, 0.5) is 4.39 Å². The lowest BCUT2D eigenvalue weighted by Gasteiger charge is -2.58. The number of hydrogen-bond donors (Lipinski definition) is 2. The molecule has 4 aliphatic rings. The highest BCUT2D eigenvalue weighted by Crippen LogP contribution is 2.57. The van der Waals surface area contributed by atoms with Crippen molar-refractivity contribution in [2.75, 3.05) is 0 Å². The van der Waals surface area contributed by atoms with Gasteiger partial charge >= 0.3 is 5.97 Å². The third-order valence-corrected chi connectivity index (χ3v) is 5.99. The number of alkyl halides is 1. The second-order valence-electron chi connectivity index (χ2n) is 7.43. The van der Waals surface area contributed by atoms with Crippen molar-refractivity contribution in [3.63, 3.8) is 0 Å². The first kappa shape index (κ1) is 15.2. The molecular weight excluding hydrogens is 275 g/mol.